The highest BCUT2D eigenvalue weighted by Gasteiger charge is 2.21. The molecule has 136 valence electrons. The first-order valence-corrected chi connectivity index (χ1v) is 7.27. The molecule has 1 saturated heterocycles. The standard InChI is InChI=1S/C15H20F2N2O4.ClH/c1-21-11-6-9(7-12(22-2)13(11)23-15(16)17)14(20)19-8-10-4-3-5-18-10;/h6-7,10,15,18H,3-5,8H2,1-2H3,(H,19,20);1H. The lowest BCUT2D eigenvalue weighted by molar-refractivity contribution is -0.0526. The van der Waals surface area contributed by atoms with Crippen molar-refractivity contribution in [3.63, 3.8) is 0 Å². The largest absolute Gasteiger partial charge is 0.493 e. The average molecular weight is 367 g/mol. The molecule has 0 aliphatic carbocycles. The van der Waals surface area contributed by atoms with Crippen molar-refractivity contribution in [2.75, 3.05) is 27.3 Å². The second-order valence-corrected chi connectivity index (χ2v) is 5.09. The molecule has 1 amide bonds. The van der Waals surface area contributed by atoms with Crippen LogP contribution in [0.1, 0.15) is 23.2 Å². The van der Waals surface area contributed by atoms with E-state index in [4.69, 9.17) is 9.47 Å². The number of alkyl halides is 2. The molecule has 6 nitrogen and oxygen atoms in total. The zero-order valence-corrected chi connectivity index (χ0v) is 14.3. The van der Waals surface area contributed by atoms with E-state index in [1.54, 1.807) is 0 Å². The Labute approximate surface area is 145 Å². The summed E-state index contributed by atoms with van der Waals surface area (Å²) in [7, 11) is 2.61. The Kier molecular flexibility index (Phi) is 8.00. The van der Waals surface area contributed by atoms with Crippen molar-refractivity contribution in [3.05, 3.63) is 17.7 Å². The lowest BCUT2D eigenvalue weighted by Crippen LogP contribution is -2.37. The van der Waals surface area contributed by atoms with Crippen molar-refractivity contribution >= 4 is 18.3 Å². The molecule has 24 heavy (non-hydrogen) atoms. The van der Waals surface area contributed by atoms with Crippen LogP contribution in [0.15, 0.2) is 12.1 Å². The highest BCUT2D eigenvalue weighted by molar-refractivity contribution is 5.95. The van der Waals surface area contributed by atoms with Gasteiger partial charge < -0.3 is 24.8 Å². The molecule has 0 aromatic heterocycles. The topological polar surface area (TPSA) is 68.8 Å². The van der Waals surface area contributed by atoms with Crippen molar-refractivity contribution in [2.45, 2.75) is 25.5 Å². The van der Waals surface area contributed by atoms with Crippen LogP contribution in [0.2, 0.25) is 0 Å². The fraction of sp³-hybridized carbons (Fsp3) is 0.533. The molecule has 1 unspecified atom stereocenters. The van der Waals surface area contributed by atoms with Crippen LogP contribution in [0.25, 0.3) is 0 Å². The minimum Gasteiger partial charge on any atom is -0.493 e. The Hall–Kier alpha value is -1.80. The summed E-state index contributed by atoms with van der Waals surface area (Å²) < 4.78 is 39.4. The van der Waals surface area contributed by atoms with Crippen LogP contribution in [0.3, 0.4) is 0 Å². The van der Waals surface area contributed by atoms with Crippen LogP contribution in [-0.2, 0) is 0 Å². The number of halogens is 3. The predicted molar refractivity (Wildman–Crippen MR) is 86.8 cm³/mol. The van der Waals surface area contributed by atoms with E-state index in [2.05, 4.69) is 15.4 Å². The number of amides is 1. The molecule has 2 N–H and O–H groups in total. The minimum absolute atomic E-state index is 0. The molecule has 1 aromatic carbocycles. The molecule has 2 rings (SSSR count). The van der Waals surface area contributed by atoms with Gasteiger partial charge in [-0.2, -0.15) is 8.78 Å². The summed E-state index contributed by atoms with van der Waals surface area (Å²) in [5.74, 6) is -0.555. The van der Waals surface area contributed by atoms with Gasteiger partial charge in [-0.05, 0) is 31.5 Å². The maximum absolute atomic E-state index is 12.5. The summed E-state index contributed by atoms with van der Waals surface area (Å²) in [6.45, 7) is -1.58. The lowest BCUT2D eigenvalue weighted by atomic mass is 10.1. The number of hydrogen-bond donors (Lipinski definition) is 2. The van der Waals surface area contributed by atoms with Crippen molar-refractivity contribution in [1.29, 1.82) is 0 Å². The van der Waals surface area contributed by atoms with Gasteiger partial charge in [-0.15, -0.1) is 12.4 Å². The van der Waals surface area contributed by atoms with E-state index in [9.17, 15) is 13.6 Å². The summed E-state index contributed by atoms with van der Waals surface area (Å²) in [5.41, 5.74) is 0.248. The van der Waals surface area contributed by atoms with Crippen LogP contribution < -0.4 is 24.8 Å². The van der Waals surface area contributed by atoms with Crippen molar-refractivity contribution < 1.29 is 27.8 Å². The molecule has 0 bridgehead atoms. The molecule has 9 heteroatoms. The Balaban J connectivity index is 0.00000288. The van der Waals surface area contributed by atoms with Gasteiger partial charge in [0.1, 0.15) is 0 Å². The summed E-state index contributed by atoms with van der Waals surface area (Å²) >= 11 is 0. The van der Waals surface area contributed by atoms with Gasteiger partial charge in [-0.1, -0.05) is 0 Å². The van der Waals surface area contributed by atoms with Crippen LogP contribution in [0.4, 0.5) is 8.78 Å². The molecular formula is C15H21ClF2N2O4. The Morgan fingerprint density at radius 2 is 1.96 bits per heavy atom. The summed E-state index contributed by atoms with van der Waals surface area (Å²) in [6, 6.07) is 2.94. The average Bonchev–Trinajstić information content (AvgIpc) is 3.05. The maximum atomic E-state index is 12.5. The van der Waals surface area contributed by atoms with Gasteiger partial charge in [0.15, 0.2) is 11.5 Å². The van der Waals surface area contributed by atoms with E-state index < -0.39 is 6.61 Å². The predicted octanol–water partition coefficient (Wildman–Crippen LogP) is 2.21. The number of ether oxygens (including phenoxy) is 3. The Morgan fingerprint density at radius 3 is 2.42 bits per heavy atom. The molecular weight excluding hydrogens is 346 g/mol. The number of nitrogens with one attached hydrogen (secondary N) is 2. The maximum Gasteiger partial charge on any atom is 0.387 e. The van der Waals surface area contributed by atoms with E-state index in [1.165, 1.54) is 26.4 Å². The first-order valence-electron chi connectivity index (χ1n) is 7.27. The van der Waals surface area contributed by atoms with Crippen LogP contribution >= 0.6 is 12.4 Å². The summed E-state index contributed by atoms with van der Waals surface area (Å²) in [5, 5.41) is 6.07. The highest BCUT2D eigenvalue weighted by Crippen LogP contribution is 2.39. The fourth-order valence-corrected chi connectivity index (χ4v) is 2.47. The summed E-state index contributed by atoms with van der Waals surface area (Å²) in [4.78, 5) is 12.2. The number of hydrogen-bond acceptors (Lipinski definition) is 5. The quantitative estimate of drug-likeness (QED) is 0.774. The van der Waals surface area contributed by atoms with Gasteiger partial charge in [0.05, 0.1) is 14.2 Å². The third-order valence-corrected chi connectivity index (χ3v) is 3.60. The third kappa shape index (κ3) is 5.10. The molecule has 0 saturated carbocycles. The third-order valence-electron chi connectivity index (χ3n) is 3.60. The molecule has 1 aliphatic heterocycles. The van der Waals surface area contributed by atoms with Gasteiger partial charge in [0.25, 0.3) is 5.91 Å². The molecule has 1 aromatic rings. The smallest absolute Gasteiger partial charge is 0.387 e. The molecule has 1 aliphatic rings. The van der Waals surface area contributed by atoms with Gasteiger partial charge in [-0.25, -0.2) is 0 Å². The van der Waals surface area contributed by atoms with Crippen LogP contribution in [0.5, 0.6) is 17.2 Å². The zero-order chi connectivity index (χ0) is 16.8. The Morgan fingerprint density at radius 1 is 1.33 bits per heavy atom. The molecule has 0 radical (unpaired) electrons. The number of methoxy groups -OCH3 is 2. The molecule has 0 spiro atoms. The van der Waals surface area contributed by atoms with E-state index in [0.29, 0.717) is 6.54 Å². The summed E-state index contributed by atoms with van der Waals surface area (Å²) in [6.07, 6.45) is 2.09. The van der Waals surface area contributed by atoms with Crippen LogP contribution in [-0.4, -0.2) is 45.9 Å². The van der Waals surface area contributed by atoms with Crippen LogP contribution in [0, 0.1) is 0 Å². The first kappa shape index (κ1) is 20.2. The zero-order valence-electron chi connectivity index (χ0n) is 13.4. The number of carbonyl (C=O) groups excluding carboxylic acids is 1. The number of rotatable bonds is 7. The van der Waals surface area contributed by atoms with E-state index in [-0.39, 0.29) is 47.2 Å². The molecule has 1 atom stereocenters. The first-order chi connectivity index (χ1) is 11.0. The minimum atomic E-state index is -3.02. The second kappa shape index (κ2) is 9.48. The molecule has 1 fully saturated rings. The molecule has 1 heterocycles. The number of carbonyl (C=O) groups is 1. The fourth-order valence-electron chi connectivity index (χ4n) is 2.47. The monoisotopic (exact) mass is 366 g/mol. The normalized spacial score (nSPS) is 16.5. The Bertz CT molecular complexity index is 529. The SMILES string of the molecule is COc1cc(C(=O)NCC2CCCN2)cc(OC)c1OC(F)F.Cl. The lowest BCUT2D eigenvalue weighted by Gasteiger charge is -2.16. The van der Waals surface area contributed by atoms with Gasteiger partial charge in [0.2, 0.25) is 5.75 Å². The van der Waals surface area contributed by atoms with Gasteiger partial charge >= 0.3 is 6.61 Å². The van der Waals surface area contributed by atoms with E-state index in [0.717, 1.165) is 19.4 Å². The van der Waals surface area contributed by atoms with Crippen molar-refractivity contribution in [3.8, 4) is 17.2 Å². The van der Waals surface area contributed by atoms with Crippen molar-refractivity contribution in [2.24, 2.45) is 0 Å². The van der Waals surface area contributed by atoms with E-state index in [1.807, 2.05) is 0 Å². The second-order valence-electron chi connectivity index (χ2n) is 5.09. The number of benzene rings is 1. The van der Waals surface area contributed by atoms with Crippen molar-refractivity contribution in [1.82, 2.24) is 10.6 Å². The van der Waals surface area contributed by atoms with Gasteiger partial charge in [-0.3, -0.25) is 4.79 Å². The van der Waals surface area contributed by atoms with Gasteiger partial charge in [0, 0.05) is 18.2 Å². The van der Waals surface area contributed by atoms with E-state index >= 15 is 0 Å². The highest BCUT2D eigenvalue weighted by atomic mass is 35.5.